The summed E-state index contributed by atoms with van der Waals surface area (Å²) in [4.78, 5) is 20.4. The highest BCUT2D eigenvalue weighted by atomic mass is 35.5. The summed E-state index contributed by atoms with van der Waals surface area (Å²) in [5.41, 5.74) is 1.72. The summed E-state index contributed by atoms with van der Waals surface area (Å²) < 4.78 is 24.7. The van der Waals surface area contributed by atoms with Gasteiger partial charge in [-0.3, -0.25) is 9.36 Å². The number of hydrogen-bond donors (Lipinski definition) is 0. The molecule has 154 valence electrons. The van der Waals surface area contributed by atoms with E-state index in [-0.39, 0.29) is 11.3 Å². The fourth-order valence-corrected chi connectivity index (χ4v) is 7.33. The van der Waals surface area contributed by atoms with Crippen molar-refractivity contribution < 1.29 is 8.42 Å². The van der Waals surface area contributed by atoms with Gasteiger partial charge in [-0.05, 0) is 55.0 Å². The third-order valence-corrected chi connectivity index (χ3v) is 8.61. The van der Waals surface area contributed by atoms with Crippen LogP contribution in [0, 0.1) is 5.92 Å². The molecule has 0 radical (unpaired) electrons. The largest absolute Gasteiger partial charge is 0.268 e. The van der Waals surface area contributed by atoms with E-state index in [0.29, 0.717) is 32.9 Å². The van der Waals surface area contributed by atoms with Crippen LogP contribution >= 0.6 is 34.7 Å². The zero-order valence-electron chi connectivity index (χ0n) is 16.1. The molecule has 29 heavy (non-hydrogen) atoms. The predicted molar refractivity (Wildman–Crippen MR) is 122 cm³/mol. The highest BCUT2D eigenvalue weighted by Crippen LogP contribution is 2.37. The Hall–Kier alpha value is -1.35. The first kappa shape index (κ1) is 20.9. The fraction of sp³-hybridized carbons (Fsp3) is 0.400. The lowest BCUT2D eigenvalue weighted by Crippen LogP contribution is -2.23. The van der Waals surface area contributed by atoms with Crippen LogP contribution < -0.4 is 5.56 Å². The number of halogens is 1. The third kappa shape index (κ3) is 4.40. The van der Waals surface area contributed by atoms with E-state index >= 15 is 0 Å². The Morgan fingerprint density at radius 1 is 1.31 bits per heavy atom. The quantitative estimate of drug-likeness (QED) is 0.411. The van der Waals surface area contributed by atoms with Crippen molar-refractivity contribution in [3.8, 4) is 5.69 Å². The fourth-order valence-electron chi connectivity index (χ4n) is 3.57. The average Bonchev–Trinajstić information content (AvgIpc) is 2.99. The van der Waals surface area contributed by atoms with Crippen LogP contribution in [0.3, 0.4) is 0 Å². The van der Waals surface area contributed by atoms with Crippen LogP contribution in [-0.2, 0) is 22.7 Å². The summed E-state index contributed by atoms with van der Waals surface area (Å²) in [7, 11) is -3.09. The molecule has 0 saturated carbocycles. The Morgan fingerprint density at radius 2 is 2.03 bits per heavy atom. The molecule has 5 nitrogen and oxygen atoms in total. The predicted octanol–water partition coefficient (Wildman–Crippen LogP) is 4.36. The second kappa shape index (κ2) is 8.06. The molecule has 0 aliphatic heterocycles. The third-order valence-electron chi connectivity index (χ3n) is 5.07. The van der Waals surface area contributed by atoms with Crippen molar-refractivity contribution >= 4 is 54.8 Å². The van der Waals surface area contributed by atoms with Crippen molar-refractivity contribution in [2.24, 2.45) is 5.92 Å². The number of benzene rings is 1. The van der Waals surface area contributed by atoms with E-state index in [0.717, 1.165) is 29.7 Å². The maximum Gasteiger partial charge on any atom is 0.267 e. The van der Waals surface area contributed by atoms with Gasteiger partial charge in [0.2, 0.25) is 0 Å². The number of thiophene rings is 1. The van der Waals surface area contributed by atoms with Crippen LogP contribution in [0.5, 0.6) is 0 Å². The molecule has 1 aliphatic carbocycles. The van der Waals surface area contributed by atoms with Crippen molar-refractivity contribution in [2.45, 2.75) is 31.3 Å². The first-order chi connectivity index (χ1) is 13.7. The summed E-state index contributed by atoms with van der Waals surface area (Å²) >= 11 is 8.92. The molecule has 3 aromatic rings. The second-order valence-electron chi connectivity index (χ2n) is 7.52. The topological polar surface area (TPSA) is 69.0 Å². The Bertz CT molecular complexity index is 1230. The summed E-state index contributed by atoms with van der Waals surface area (Å²) in [6, 6.07) is 7.06. The molecule has 0 spiro atoms. The van der Waals surface area contributed by atoms with Gasteiger partial charge >= 0.3 is 0 Å². The number of sulfone groups is 1. The average molecular weight is 469 g/mol. The summed E-state index contributed by atoms with van der Waals surface area (Å²) in [5.74, 6) is 0.981. The molecule has 0 amide bonds. The number of fused-ring (bicyclic) bond motifs is 3. The van der Waals surface area contributed by atoms with E-state index in [1.165, 1.54) is 22.9 Å². The minimum Gasteiger partial charge on any atom is -0.268 e. The van der Waals surface area contributed by atoms with Crippen LogP contribution in [0.15, 0.2) is 34.2 Å². The highest BCUT2D eigenvalue weighted by Gasteiger charge is 2.25. The monoisotopic (exact) mass is 468 g/mol. The molecule has 0 N–H and O–H groups in total. The lowest BCUT2D eigenvalue weighted by molar-refractivity contribution is 0.509. The number of hydrogen-bond acceptors (Lipinski definition) is 6. The smallest absolute Gasteiger partial charge is 0.267 e. The Morgan fingerprint density at radius 3 is 2.72 bits per heavy atom. The van der Waals surface area contributed by atoms with Gasteiger partial charge in [-0.15, -0.1) is 11.3 Å². The maximum atomic E-state index is 13.6. The molecule has 0 fully saturated rings. The van der Waals surface area contributed by atoms with Crippen molar-refractivity contribution in [3.63, 3.8) is 0 Å². The molecule has 9 heteroatoms. The van der Waals surface area contributed by atoms with E-state index in [9.17, 15) is 13.2 Å². The SMILES string of the molecule is CC1CCc2c(sc3nc(SCCS(C)(=O)=O)n(-c4ccc(Cl)cc4)c(=O)c23)C1. The van der Waals surface area contributed by atoms with E-state index in [2.05, 4.69) is 6.92 Å². The van der Waals surface area contributed by atoms with E-state index in [4.69, 9.17) is 16.6 Å². The van der Waals surface area contributed by atoms with Gasteiger partial charge in [0, 0.05) is 21.9 Å². The number of aromatic nitrogens is 2. The van der Waals surface area contributed by atoms with Crippen LogP contribution in [-0.4, -0.2) is 35.7 Å². The van der Waals surface area contributed by atoms with Crippen LogP contribution in [0.4, 0.5) is 0 Å². The molecule has 2 aromatic heterocycles. The van der Waals surface area contributed by atoms with Gasteiger partial charge in [0.05, 0.1) is 16.8 Å². The Balaban J connectivity index is 1.88. The number of nitrogens with zero attached hydrogens (tertiary/aromatic N) is 2. The normalized spacial score (nSPS) is 16.9. The van der Waals surface area contributed by atoms with Gasteiger partial charge in [0.15, 0.2) is 5.16 Å². The minimum atomic E-state index is -3.09. The highest BCUT2D eigenvalue weighted by molar-refractivity contribution is 8.00. The van der Waals surface area contributed by atoms with Gasteiger partial charge in [-0.1, -0.05) is 30.3 Å². The molecule has 4 rings (SSSR count). The summed E-state index contributed by atoms with van der Waals surface area (Å²) in [6.45, 7) is 2.24. The standard InChI is InChI=1S/C20H21ClN2O3S3/c1-12-3-8-15-16(11-12)28-18-17(15)19(24)23(14-6-4-13(21)5-7-14)20(22-18)27-9-10-29(2,25)26/h4-7,12H,3,8-11H2,1-2H3. The molecule has 1 atom stereocenters. The lowest BCUT2D eigenvalue weighted by atomic mass is 9.89. The van der Waals surface area contributed by atoms with Crippen LogP contribution in [0.25, 0.3) is 15.9 Å². The molecular formula is C20H21ClN2O3S3. The van der Waals surface area contributed by atoms with Gasteiger partial charge in [0.1, 0.15) is 14.7 Å². The van der Waals surface area contributed by atoms with E-state index in [1.54, 1.807) is 40.2 Å². The molecule has 1 unspecified atom stereocenters. The summed E-state index contributed by atoms with van der Waals surface area (Å²) in [6.07, 6.45) is 4.16. The van der Waals surface area contributed by atoms with Crippen LogP contribution in [0.1, 0.15) is 23.8 Å². The molecule has 2 heterocycles. The Kier molecular flexibility index (Phi) is 5.81. The number of aryl methyl sites for hydroxylation is 1. The Labute approximate surface area is 183 Å². The van der Waals surface area contributed by atoms with Crippen molar-refractivity contribution in [1.82, 2.24) is 9.55 Å². The maximum absolute atomic E-state index is 13.6. The molecule has 0 bridgehead atoms. The molecular weight excluding hydrogens is 448 g/mol. The van der Waals surface area contributed by atoms with Crippen molar-refractivity contribution in [1.29, 1.82) is 0 Å². The van der Waals surface area contributed by atoms with Crippen molar-refractivity contribution in [3.05, 3.63) is 50.1 Å². The van der Waals surface area contributed by atoms with E-state index in [1.807, 2.05) is 0 Å². The minimum absolute atomic E-state index is 0.0324. The molecule has 0 saturated heterocycles. The lowest BCUT2D eigenvalue weighted by Gasteiger charge is -2.17. The van der Waals surface area contributed by atoms with Crippen molar-refractivity contribution in [2.75, 3.05) is 17.8 Å². The second-order valence-corrected chi connectivity index (χ2v) is 12.4. The summed E-state index contributed by atoms with van der Waals surface area (Å²) in [5, 5.41) is 1.81. The zero-order chi connectivity index (χ0) is 20.8. The van der Waals surface area contributed by atoms with E-state index < -0.39 is 9.84 Å². The number of rotatable bonds is 5. The van der Waals surface area contributed by atoms with Gasteiger partial charge in [-0.25, -0.2) is 13.4 Å². The first-order valence-corrected chi connectivity index (χ1v) is 13.6. The van der Waals surface area contributed by atoms with Gasteiger partial charge in [0.25, 0.3) is 5.56 Å². The van der Waals surface area contributed by atoms with Gasteiger partial charge < -0.3 is 0 Å². The first-order valence-electron chi connectivity index (χ1n) is 9.36. The molecule has 1 aliphatic rings. The zero-order valence-corrected chi connectivity index (χ0v) is 19.3. The number of thioether (sulfide) groups is 1. The van der Waals surface area contributed by atoms with Gasteiger partial charge in [-0.2, -0.15) is 0 Å². The molecule has 1 aromatic carbocycles. The van der Waals surface area contributed by atoms with Crippen LogP contribution in [0.2, 0.25) is 5.02 Å².